The molecule has 0 amide bonds. The molecule has 2 nitrogen and oxygen atoms in total. The highest BCUT2D eigenvalue weighted by Gasteiger charge is 2.03. The average molecular weight is 181 g/mol. The molecule has 0 atom stereocenters. The Hall–Kier alpha value is -0.990. The van der Waals surface area contributed by atoms with Crippen molar-refractivity contribution in [3.05, 3.63) is 40.9 Å². The average Bonchev–Trinajstić information content (AvgIpc) is 2.58. The van der Waals surface area contributed by atoms with Gasteiger partial charge in [0.25, 0.3) is 0 Å². The summed E-state index contributed by atoms with van der Waals surface area (Å²) in [6.45, 7) is 0.873. The van der Waals surface area contributed by atoms with Gasteiger partial charge in [-0.05, 0) is 23.8 Å². The third-order valence-corrected chi connectivity index (χ3v) is 2.04. The van der Waals surface area contributed by atoms with Gasteiger partial charge in [0.2, 0.25) is 0 Å². The van der Waals surface area contributed by atoms with E-state index >= 15 is 0 Å². The molecule has 1 aromatic carbocycles. The Morgan fingerprint density at radius 2 is 1.92 bits per heavy atom. The molecule has 1 aliphatic rings. The number of hydrazine groups is 1. The first-order valence-electron chi connectivity index (χ1n) is 3.81. The summed E-state index contributed by atoms with van der Waals surface area (Å²) >= 11 is 5.76. The standard InChI is InChI=1S/C9H9ClN2/c10-8-3-1-7(2-4-8)9-5-6-11-12-9/h1-5,11-12H,6H2. The van der Waals surface area contributed by atoms with E-state index in [4.69, 9.17) is 11.6 Å². The Balaban J connectivity index is 2.28. The third kappa shape index (κ3) is 1.44. The van der Waals surface area contributed by atoms with Crippen molar-refractivity contribution in [2.24, 2.45) is 0 Å². The van der Waals surface area contributed by atoms with Crippen LogP contribution in [0.5, 0.6) is 0 Å². The van der Waals surface area contributed by atoms with Crippen molar-refractivity contribution < 1.29 is 0 Å². The van der Waals surface area contributed by atoms with Crippen LogP contribution >= 0.6 is 11.6 Å². The van der Waals surface area contributed by atoms with E-state index in [-0.39, 0.29) is 0 Å². The summed E-state index contributed by atoms with van der Waals surface area (Å²) in [4.78, 5) is 0. The number of hydrogen-bond acceptors (Lipinski definition) is 2. The second-order valence-corrected chi connectivity index (χ2v) is 3.07. The molecule has 0 aromatic heterocycles. The van der Waals surface area contributed by atoms with Crippen LogP contribution in [-0.4, -0.2) is 6.54 Å². The summed E-state index contributed by atoms with van der Waals surface area (Å²) in [5.41, 5.74) is 8.34. The monoisotopic (exact) mass is 180 g/mol. The van der Waals surface area contributed by atoms with E-state index in [1.165, 1.54) is 0 Å². The fourth-order valence-corrected chi connectivity index (χ4v) is 1.30. The predicted molar refractivity (Wildman–Crippen MR) is 50.6 cm³/mol. The Bertz CT molecular complexity index is 303. The van der Waals surface area contributed by atoms with E-state index in [0.717, 1.165) is 22.8 Å². The van der Waals surface area contributed by atoms with Gasteiger partial charge in [0.05, 0.1) is 5.70 Å². The van der Waals surface area contributed by atoms with E-state index in [2.05, 4.69) is 16.9 Å². The van der Waals surface area contributed by atoms with Gasteiger partial charge in [0.1, 0.15) is 0 Å². The lowest BCUT2D eigenvalue weighted by atomic mass is 10.1. The minimum absolute atomic E-state index is 0.769. The van der Waals surface area contributed by atoms with Gasteiger partial charge in [-0.3, -0.25) is 0 Å². The zero-order chi connectivity index (χ0) is 8.39. The van der Waals surface area contributed by atoms with E-state index in [0.29, 0.717) is 0 Å². The van der Waals surface area contributed by atoms with Crippen molar-refractivity contribution >= 4 is 17.3 Å². The predicted octanol–water partition coefficient (Wildman–Crippen LogP) is 1.79. The summed E-state index contributed by atoms with van der Waals surface area (Å²) in [5.74, 6) is 0. The highest BCUT2D eigenvalue weighted by Crippen LogP contribution is 2.15. The van der Waals surface area contributed by atoms with E-state index < -0.39 is 0 Å². The molecule has 2 rings (SSSR count). The molecule has 1 aromatic rings. The third-order valence-electron chi connectivity index (χ3n) is 1.79. The van der Waals surface area contributed by atoms with Crippen LogP contribution in [-0.2, 0) is 0 Å². The lowest BCUT2D eigenvalue weighted by Gasteiger charge is -2.03. The normalized spacial score (nSPS) is 15.6. The summed E-state index contributed by atoms with van der Waals surface area (Å²) < 4.78 is 0. The van der Waals surface area contributed by atoms with Crippen LogP contribution < -0.4 is 10.9 Å². The maximum absolute atomic E-state index is 5.76. The molecular formula is C9H9ClN2. The molecule has 0 saturated heterocycles. The van der Waals surface area contributed by atoms with Gasteiger partial charge < -0.3 is 5.43 Å². The van der Waals surface area contributed by atoms with Gasteiger partial charge in [-0.2, -0.15) is 0 Å². The first kappa shape index (κ1) is 7.65. The van der Waals surface area contributed by atoms with Crippen molar-refractivity contribution in [1.29, 1.82) is 0 Å². The van der Waals surface area contributed by atoms with Crippen molar-refractivity contribution in [2.75, 3.05) is 6.54 Å². The van der Waals surface area contributed by atoms with Crippen LogP contribution in [0.25, 0.3) is 5.70 Å². The van der Waals surface area contributed by atoms with Crippen molar-refractivity contribution in [3.8, 4) is 0 Å². The lowest BCUT2D eigenvalue weighted by Crippen LogP contribution is -2.22. The topological polar surface area (TPSA) is 24.1 Å². The van der Waals surface area contributed by atoms with Gasteiger partial charge in [-0.15, -0.1) is 0 Å². The first-order valence-corrected chi connectivity index (χ1v) is 4.19. The number of rotatable bonds is 1. The van der Waals surface area contributed by atoms with Crippen LogP contribution in [0.2, 0.25) is 5.02 Å². The van der Waals surface area contributed by atoms with Crippen LogP contribution in [0.4, 0.5) is 0 Å². The Morgan fingerprint density at radius 3 is 2.50 bits per heavy atom. The lowest BCUT2D eigenvalue weighted by molar-refractivity contribution is 0.738. The van der Waals surface area contributed by atoms with Gasteiger partial charge in [-0.25, -0.2) is 5.43 Å². The highest BCUT2D eigenvalue weighted by atomic mass is 35.5. The van der Waals surface area contributed by atoms with Crippen LogP contribution in [0.15, 0.2) is 30.3 Å². The second-order valence-electron chi connectivity index (χ2n) is 2.63. The zero-order valence-electron chi connectivity index (χ0n) is 6.47. The number of nitrogens with one attached hydrogen (secondary N) is 2. The molecule has 12 heavy (non-hydrogen) atoms. The SMILES string of the molecule is Clc1ccc(C2=CCNN2)cc1. The van der Waals surface area contributed by atoms with E-state index in [1.54, 1.807) is 0 Å². The fraction of sp³-hybridized carbons (Fsp3) is 0.111. The van der Waals surface area contributed by atoms with Crippen LogP contribution in [0.1, 0.15) is 5.56 Å². The second kappa shape index (κ2) is 3.17. The summed E-state index contributed by atoms with van der Waals surface area (Å²) in [6, 6.07) is 7.76. The molecule has 0 fully saturated rings. The molecule has 0 saturated carbocycles. The summed E-state index contributed by atoms with van der Waals surface area (Å²) in [5, 5.41) is 0.769. The largest absolute Gasteiger partial charge is 0.321 e. The maximum Gasteiger partial charge on any atom is 0.0533 e. The molecule has 1 heterocycles. The fourth-order valence-electron chi connectivity index (χ4n) is 1.17. The minimum Gasteiger partial charge on any atom is -0.321 e. The minimum atomic E-state index is 0.769. The summed E-state index contributed by atoms with van der Waals surface area (Å²) in [6.07, 6.45) is 2.10. The molecular weight excluding hydrogens is 172 g/mol. The smallest absolute Gasteiger partial charge is 0.0533 e. The Kier molecular flexibility index (Phi) is 2.02. The molecule has 0 aliphatic carbocycles. The number of hydrogen-bond donors (Lipinski definition) is 2. The summed E-state index contributed by atoms with van der Waals surface area (Å²) in [7, 11) is 0. The molecule has 0 radical (unpaired) electrons. The highest BCUT2D eigenvalue weighted by molar-refractivity contribution is 6.30. The maximum atomic E-state index is 5.76. The van der Waals surface area contributed by atoms with E-state index in [9.17, 15) is 0 Å². The van der Waals surface area contributed by atoms with Gasteiger partial charge in [0.15, 0.2) is 0 Å². The molecule has 62 valence electrons. The quantitative estimate of drug-likeness (QED) is 0.689. The first-order chi connectivity index (χ1) is 5.86. The van der Waals surface area contributed by atoms with Gasteiger partial charge in [0, 0.05) is 11.6 Å². The van der Waals surface area contributed by atoms with Crippen molar-refractivity contribution in [2.45, 2.75) is 0 Å². The molecule has 1 aliphatic heterocycles. The number of benzene rings is 1. The van der Waals surface area contributed by atoms with Gasteiger partial charge in [-0.1, -0.05) is 23.7 Å². The molecule has 3 heteroatoms. The Labute approximate surface area is 76.2 Å². The van der Waals surface area contributed by atoms with E-state index in [1.807, 2.05) is 24.3 Å². The Morgan fingerprint density at radius 1 is 1.17 bits per heavy atom. The molecule has 0 bridgehead atoms. The zero-order valence-corrected chi connectivity index (χ0v) is 7.23. The van der Waals surface area contributed by atoms with Gasteiger partial charge >= 0.3 is 0 Å². The molecule has 0 spiro atoms. The molecule has 0 unspecified atom stereocenters. The van der Waals surface area contributed by atoms with Crippen molar-refractivity contribution in [1.82, 2.24) is 10.9 Å². The number of halogens is 1. The van der Waals surface area contributed by atoms with Crippen molar-refractivity contribution in [3.63, 3.8) is 0 Å². The van der Waals surface area contributed by atoms with Crippen LogP contribution in [0.3, 0.4) is 0 Å². The van der Waals surface area contributed by atoms with Crippen LogP contribution in [0, 0.1) is 0 Å². The molecule has 2 N–H and O–H groups in total.